The highest BCUT2D eigenvalue weighted by atomic mass is 32.1. The molecule has 0 unspecified atom stereocenters. The summed E-state index contributed by atoms with van der Waals surface area (Å²) in [6, 6.07) is 11.6. The quantitative estimate of drug-likeness (QED) is 0.645. The molecule has 0 saturated heterocycles. The van der Waals surface area contributed by atoms with E-state index >= 15 is 0 Å². The zero-order chi connectivity index (χ0) is 23.0. The molecular weight excluding hydrogens is 428 g/mol. The number of ether oxygens (including phenoxy) is 2. The lowest BCUT2D eigenvalue weighted by atomic mass is 9.93. The lowest BCUT2D eigenvalue weighted by Gasteiger charge is -2.25. The topological polar surface area (TPSA) is 90.1 Å². The number of nitrogens with zero attached hydrogens (tertiary/aromatic N) is 2. The van der Waals surface area contributed by atoms with Crippen LogP contribution in [-0.2, 0) is 4.79 Å². The maximum absolute atomic E-state index is 13.5. The van der Waals surface area contributed by atoms with Gasteiger partial charge in [0.1, 0.15) is 5.75 Å². The number of methoxy groups -OCH3 is 2. The molecule has 0 bridgehead atoms. The summed E-state index contributed by atoms with van der Waals surface area (Å²) in [6.07, 6.45) is 1.72. The number of benzene rings is 2. The number of aromatic hydroxyl groups is 1. The molecule has 2 heterocycles. The van der Waals surface area contributed by atoms with Crippen molar-refractivity contribution in [3.8, 4) is 17.2 Å². The number of phenols is 1. The third-order valence-electron chi connectivity index (χ3n) is 5.34. The van der Waals surface area contributed by atoms with Crippen LogP contribution in [0, 0.1) is 0 Å². The lowest BCUT2D eigenvalue weighted by molar-refractivity contribution is -0.114. The van der Waals surface area contributed by atoms with Crippen LogP contribution in [0.5, 0.6) is 17.2 Å². The molecule has 1 atom stereocenters. The molecule has 4 rings (SSSR count). The molecule has 1 aliphatic heterocycles. The Kier molecular flexibility index (Phi) is 5.71. The van der Waals surface area contributed by atoms with E-state index in [0.29, 0.717) is 43.2 Å². The summed E-state index contributed by atoms with van der Waals surface area (Å²) in [5, 5.41) is 9.84. The van der Waals surface area contributed by atoms with E-state index in [4.69, 9.17) is 9.47 Å². The molecule has 1 aromatic heterocycles. The van der Waals surface area contributed by atoms with Crippen LogP contribution in [0.3, 0.4) is 0 Å². The molecule has 164 valence electrons. The normalized spacial score (nSPS) is 15.9. The summed E-state index contributed by atoms with van der Waals surface area (Å²) < 4.78 is 12.7. The fraction of sp³-hybridized carbons (Fsp3) is 0.208. The zero-order valence-electron chi connectivity index (χ0n) is 18.1. The van der Waals surface area contributed by atoms with E-state index in [1.54, 1.807) is 42.9 Å². The number of carbonyl (C=O) groups is 1. The smallest absolute Gasteiger partial charge is 0.271 e. The maximum Gasteiger partial charge on any atom is 0.271 e. The Balaban J connectivity index is 1.99. The number of phenolic OH excluding ortho intramolecular Hbond substituents is 1. The van der Waals surface area contributed by atoms with Crippen molar-refractivity contribution in [2.75, 3.05) is 14.2 Å². The number of Topliss-reactive ketones (excluding diaryl/α,β-unsaturated/α-hetero) is 1. The summed E-state index contributed by atoms with van der Waals surface area (Å²) in [6.45, 7) is 3.26. The van der Waals surface area contributed by atoms with Crippen LogP contribution in [-0.4, -0.2) is 29.7 Å². The number of carbonyl (C=O) groups excluding carboxylic acids is 1. The zero-order valence-corrected chi connectivity index (χ0v) is 18.9. The molecular formula is C24H22N2O5S. The monoisotopic (exact) mass is 450 g/mol. The number of hydrogen-bond acceptors (Lipinski definition) is 7. The van der Waals surface area contributed by atoms with E-state index in [2.05, 4.69) is 4.99 Å². The Bertz CT molecular complexity index is 1430. The molecule has 7 nitrogen and oxygen atoms in total. The standard InChI is InChI=1S/C24H22N2O5S/c1-13-21(14(2)27)22(16-7-5-6-8-18(16)30-3)26-23(29)20(32-24(26)25-13)12-15-9-10-17(28)19(11-15)31-4/h5-12,22,28H,1-4H3/t22-/m1/s1. The molecule has 0 spiro atoms. The Labute approximate surface area is 188 Å². The van der Waals surface area contributed by atoms with Gasteiger partial charge < -0.3 is 14.6 Å². The number of para-hydroxylation sites is 1. The fourth-order valence-corrected chi connectivity index (χ4v) is 4.94. The molecule has 32 heavy (non-hydrogen) atoms. The lowest BCUT2D eigenvalue weighted by Crippen LogP contribution is -2.39. The number of aromatic nitrogens is 1. The molecule has 1 N–H and O–H groups in total. The minimum Gasteiger partial charge on any atom is -0.504 e. The van der Waals surface area contributed by atoms with E-state index in [9.17, 15) is 14.7 Å². The summed E-state index contributed by atoms with van der Waals surface area (Å²) in [4.78, 5) is 31.2. The first-order chi connectivity index (χ1) is 15.3. The van der Waals surface area contributed by atoms with Gasteiger partial charge in [-0.2, -0.15) is 0 Å². The highest BCUT2D eigenvalue weighted by Gasteiger charge is 2.32. The molecule has 3 aromatic rings. The molecule has 0 fully saturated rings. The van der Waals surface area contributed by atoms with Crippen molar-refractivity contribution < 1.29 is 19.4 Å². The molecule has 0 saturated carbocycles. The Morgan fingerprint density at radius 2 is 1.88 bits per heavy atom. The number of fused-ring (bicyclic) bond motifs is 1. The predicted molar refractivity (Wildman–Crippen MR) is 122 cm³/mol. The van der Waals surface area contributed by atoms with Gasteiger partial charge in [-0.3, -0.25) is 14.2 Å². The van der Waals surface area contributed by atoms with E-state index in [1.165, 1.54) is 31.4 Å². The highest BCUT2D eigenvalue weighted by molar-refractivity contribution is 7.07. The van der Waals surface area contributed by atoms with E-state index in [-0.39, 0.29) is 17.1 Å². The van der Waals surface area contributed by atoms with Crippen LogP contribution in [0.25, 0.3) is 6.08 Å². The van der Waals surface area contributed by atoms with Crippen LogP contribution >= 0.6 is 11.3 Å². The number of hydrogen-bond donors (Lipinski definition) is 1. The van der Waals surface area contributed by atoms with Crippen LogP contribution in [0.1, 0.15) is 31.0 Å². The van der Waals surface area contributed by atoms with Crippen LogP contribution in [0.4, 0.5) is 0 Å². The largest absolute Gasteiger partial charge is 0.504 e. The molecule has 8 heteroatoms. The van der Waals surface area contributed by atoms with Crippen molar-refractivity contribution in [2.45, 2.75) is 19.9 Å². The number of ketones is 1. The minimum atomic E-state index is -0.642. The predicted octanol–water partition coefficient (Wildman–Crippen LogP) is 2.55. The maximum atomic E-state index is 13.5. The van der Waals surface area contributed by atoms with Crippen molar-refractivity contribution in [3.63, 3.8) is 0 Å². The molecule has 0 radical (unpaired) electrons. The summed E-state index contributed by atoms with van der Waals surface area (Å²) in [5.74, 6) is 0.764. The first-order valence-corrected chi connectivity index (χ1v) is 10.7. The van der Waals surface area contributed by atoms with Gasteiger partial charge in [-0.05, 0) is 43.7 Å². The van der Waals surface area contributed by atoms with Gasteiger partial charge in [0, 0.05) is 16.8 Å². The molecule has 0 aliphatic carbocycles. The van der Waals surface area contributed by atoms with Crippen molar-refractivity contribution in [2.24, 2.45) is 4.99 Å². The Morgan fingerprint density at radius 1 is 1.16 bits per heavy atom. The number of thiazole rings is 1. The summed E-state index contributed by atoms with van der Waals surface area (Å²) in [7, 11) is 3.02. The van der Waals surface area contributed by atoms with E-state index < -0.39 is 6.04 Å². The fourth-order valence-electron chi connectivity index (χ4n) is 3.89. The summed E-state index contributed by atoms with van der Waals surface area (Å²) in [5.41, 5.74) is 2.19. The van der Waals surface area contributed by atoms with Gasteiger partial charge in [0.15, 0.2) is 22.1 Å². The Hall–Kier alpha value is -3.65. The Morgan fingerprint density at radius 3 is 2.56 bits per heavy atom. The van der Waals surface area contributed by atoms with Crippen molar-refractivity contribution in [1.82, 2.24) is 4.57 Å². The van der Waals surface area contributed by atoms with Gasteiger partial charge in [-0.1, -0.05) is 35.6 Å². The van der Waals surface area contributed by atoms with E-state index in [0.717, 1.165) is 0 Å². The van der Waals surface area contributed by atoms with Crippen molar-refractivity contribution in [1.29, 1.82) is 0 Å². The third-order valence-corrected chi connectivity index (χ3v) is 6.32. The number of allylic oxidation sites excluding steroid dienone is 2. The second-order valence-corrected chi connectivity index (χ2v) is 8.32. The summed E-state index contributed by atoms with van der Waals surface area (Å²) >= 11 is 1.24. The van der Waals surface area contributed by atoms with Crippen LogP contribution < -0.4 is 24.4 Å². The van der Waals surface area contributed by atoms with Gasteiger partial charge >= 0.3 is 0 Å². The van der Waals surface area contributed by atoms with Gasteiger partial charge in [0.25, 0.3) is 5.56 Å². The average molecular weight is 451 g/mol. The van der Waals surface area contributed by atoms with Gasteiger partial charge in [-0.15, -0.1) is 0 Å². The van der Waals surface area contributed by atoms with Crippen LogP contribution in [0.15, 0.2) is 63.5 Å². The van der Waals surface area contributed by atoms with Crippen LogP contribution in [0.2, 0.25) is 0 Å². The highest BCUT2D eigenvalue weighted by Crippen LogP contribution is 2.35. The van der Waals surface area contributed by atoms with Gasteiger partial charge in [-0.25, -0.2) is 4.99 Å². The SMILES string of the molecule is COc1cc(C=c2sc3n(c2=O)[C@H](c2ccccc2OC)C(C(C)=O)=C(C)N=3)ccc1O. The number of rotatable bonds is 5. The molecule has 0 amide bonds. The van der Waals surface area contributed by atoms with Gasteiger partial charge in [0.2, 0.25) is 0 Å². The van der Waals surface area contributed by atoms with Crippen molar-refractivity contribution in [3.05, 3.63) is 84.5 Å². The second-order valence-electron chi connectivity index (χ2n) is 7.31. The minimum absolute atomic E-state index is 0.0176. The second kappa shape index (κ2) is 8.47. The average Bonchev–Trinajstić information content (AvgIpc) is 3.08. The first kappa shape index (κ1) is 21.6. The molecule has 2 aromatic carbocycles. The van der Waals surface area contributed by atoms with E-state index in [1.807, 2.05) is 18.2 Å². The van der Waals surface area contributed by atoms with Crippen molar-refractivity contribution >= 4 is 23.2 Å². The first-order valence-electron chi connectivity index (χ1n) is 9.89. The van der Waals surface area contributed by atoms with Gasteiger partial charge in [0.05, 0.1) is 24.8 Å². The molecule has 1 aliphatic rings. The third kappa shape index (κ3) is 3.62.